The van der Waals surface area contributed by atoms with Crippen LogP contribution >= 0.6 is 0 Å². The second kappa shape index (κ2) is 11.2. The van der Waals surface area contributed by atoms with Crippen molar-refractivity contribution in [3.63, 3.8) is 0 Å². The number of nitrogens with one attached hydrogen (secondary N) is 2. The number of rotatable bonds is 9. The van der Waals surface area contributed by atoms with Gasteiger partial charge in [-0.2, -0.15) is 4.31 Å². The minimum Gasteiger partial charge on any atom is -0.354 e. The number of hydrogen-bond donors (Lipinski definition) is 2. The lowest BCUT2D eigenvalue weighted by molar-refractivity contribution is -0.131. The van der Waals surface area contributed by atoms with Gasteiger partial charge in [-0.05, 0) is 50.3 Å². The molecule has 8 heteroatoms. The van der Waals surface area contributed by atoms with Crippen molar-refractivity contribution in [3.05, 3.63) is 66.2 Å². The van der Waals surface area contributed by atoms with Crippen molar-refractivity contribution in [1.29, 1.82) is 0 Å². The van der Waals surface area contributed by atoms with Crippen LogP contribution in [0.3, 0.4) is 0 Å². The van der Waals surface area contributed by atoms with Crippen molar-refractivity contribution >= 4 is 21.8 Å². The first-order chi connectivity index (χ1) is 15.4. The van der Waals surface area contributed by atoms with Crippen molar-refractivity contribution in [2.45, 2.75) is 43.5 Å². The number of nitrogens with zero attached hydrogens (tertiary/aromatic N) is 1. The second-order valence-corrected chi connectivity index (χ2v) is 10.1. The van der Waals surface area contributed by atoms with Gasteiger partial charge >= 0.3 is 0 Å². The Kier molecular flexibility index (Phi) is 8.41. The van der Waals surface area contributed by atoms with Gasteiger partial charge in [0, 0.05) is 19.6 Å². The summed E-state index contributed by atoms with van der Waals surface area (Å²) < 4.78 is 27.1. The zero-order valence-corrected chi connectivity index (χ0v) is 19.2. The number of sulfonamides is 1. The fourth-order valence-corrected chi connectivity index (χ4v) is 5.36. The van der Waals surface area contributed by atoms with Crippen molar-refractivity contribution in [3.8, 4) is 0 Å². The number of amides is 2. The maximum atomic E-state index is 12.9. The first-order valence-electron chi connectivity index (χ1n) is 11.0. The molecule has 1 aliphatic rings. The van der Waals surface area contributed by atoms with E-state index in [9.17, 15) is 18.0 Å². The molecule has 1 unspecified atom stereocenters. The number of hydrogen-bond acceptors (Lipinski definition) is 4. The number of benzene rings is 2. The Labute approximate surface area is 190 Å². The van der Waals surface area contributed by atoms with Crippen LogP contribution in [0.4, 0.5) is 0 Å². The van der Waals surface area contributed by atoms with E-state index in [1.165, 1.54) is 9.87 Å². The molecule has 1 aliphatic heterocycles. The fourth-order valence-electron chi connectivity index (χ4n) is 3.81. The molecule has 0 radical (unpaired) electrons. The maximum absolute atomic E-state index is 12.9. The molecular weight excluding hydrogens is 426 g/mol. The molecule has 172 valence electrons. The van der Waals surface area contributed by atoms with Gasteiger partial charge in [0.2, 0.25) is 21.8 Å². The SMILES string of the molecule is C[C@@H](NC(=O)C1CCCN(S(=O)(=O)c2ccccc2)C1)C(=O)NCCCc1ccccc1. The quantitative estimate of drug-likeness (QED) is 0.565. The first-order valence-corrected chi connectivity index (χ1v) is 12.5. The van der Waals surface area contributed by atoms with Crippen molar-refractivity contribution in [2.24, 2.45) is 5.92 Å². The van der Waals surface area contributed by atoms with Gasteiger partial charge in [0.1, 0.15) is 6.04 Å². The van der Waals surface area contributed by atoms with Crippen LogP contribution in [0.5, 0.6) is 0 Å². The van der Waals surface area contributed by atoms with Gasteiger partial charge in [-0.25, -0.2) is 8.42 Å². The van der Waals surface area contributed by atoms with Crippen LogP contribution < -0.4 is 10.6 Å². The molecule has 0 spiro atoms. The molecule has 1 heterocycles. The molecule has 2 aromatic rings. The van der Waals surface area contributed by atoms with E-state index >= 15 is 0 Å². The number of aryl methyl sites for hydroxylation is 1. The summed E-state index contributed by atoms with van der Waals surface area (Å²) in [4.78, 5) is 25.3. The monoisotopic (exact) mass is 457 g/mol. The highest BCUT2D eigenvalue weighted by molar-refractivity contribution is 7.89. The largest absolute Gasteiger partial charge is 0.354 e. The normalized spacial score (nSPS) is 18.0. The molecule has 2 atom stereocenters. The minimum atomic E-state index is -3.64. The molecule has 1 saturated heterocycles. The lowest BCUT2D eigenvalue weighted by Crippen LogP contribution is -2.50. The first kappa shape index (κ1) is 23.9. The molecule has 0 saturated carbocycles. The van der Waals surface area contributed by atoms with Crippen LogP contribution in [0.1, 0.15) is 31.7 Å². The average molecular weight is 458 g/mol. The highest BCUT2D eigenvalue weighted by atomic mass is 32.2. The van der Waals surface area contributed by atoms with Crippen LogP contribution in [0.2, 0.25) is 0 Å². The number of piperidine rings is 1. The summed E-state index contributed by atoms with van der Waals surface area (Å²) in [7, 11) is -3.64. The Morgan fingerprint density at radius 3 is 2.41 bits per heavy atom. The van der Waals surface area contributed by atoms with Gasteiger partial charge in [0.25, 0.3) is 0 Å². The number of carbonyl (C=O) groups excluding carboxylic acids is 2. The smallest absolute Gasteiger partial charge is 0.243 e. The molecule has 2 aromatic carbocycles. The van der Waals surface area contributed by atoms with E-state index in [2.05, 4.69) is 22.8 Å². The van der Waals surface area contributed by atoms with E-state index in [0.29, 0.717) is 25.9 Å². The van der Waals surface area contributed by atoms with Gasteiger partial charge in [0.05, 0.1) is 10.8 Å². The van der Waals surface area contributed by atoms with Crippen LogP contribution in [-0.2, 0) is 26.0 Å². The highest BCUT2D eigenvalue weighted by Gasteiger charge is 2.34. The number of carbonyl (C=O) groups is 2. The van der Waals surface area contributed by atoms with Gasteiger partial charge < -0.3 is 10.6 Å². The highest BCUT2D eigenvalue weighted by Crippen LogP contribution is 2.23. The standard InChI is InChI=1S/C24H31N3O4S/c1-19(23(28)25-16-8-12-20-10-4-2-5-11-20)26-24(29)21-13-9-17-27(18-21)32(30,31)22-14-6-3-7-15-22/h2-7,10-11,14-15,19,21H,8-9,12-13,16-18H2,1H3,(H,25,28)(H,26,29)/t19-,21?/m1/s1. The topological polar surface area (TPSA) is 95.6 Å². The summed E-state index contributed by atoms with van der Waals surface area (Å²) in [5.41, 5.74) is 1.22. The van der Waals surface area contributed by atoms with E-state index in [-0.39, 0.29) is 23.3 Å². The van der Waals surface area contributed by atoms with Crippen molar-refractivity contribution < 1.29 is 18.0 Å². The van der Waals surface area contributed by atoms with Crippen LogP contribution in [-0.4, -0.2) is 50.2 Å². The predicted octanol–water partition coefficient (Wildman–Crippen LogP) is 2.34. The molecule has 2 amide bonds. The lowest BCUT2D eigenvalue weighted by atomic mass is 9.98. The third kappa shape index (κ3) is 6.40. The van der Waals surface area contributed by atoms with Crippen molar-refractivity contribution in [1.82, 2.24) is 14.9 Å². The average Bonchev–Trinajstić information content (AvgIpc) is 2.83. The predicted molar refractivity (Wildman–Crippen MR) is 123 cm³/mol. The Morgan fingerprint density at radius 2 is 1.72 bits per heavy atom. The summed E-state index contributed by atoms with van der Waals surface area (Å²) in [6.07, 6.45) is 2.88. The van der Waals surface area contributed by atoms with E-state index < -0.39 is 22.0 Å². The molecule has 0 aromatic heterocycles. The Balaban J connectivity index is 1.46. The molecule has 1 fully saturated rings. The van der Waals surface area contributed by atoms with E-state index in [0.717, 1.165) is 12.8 Å². The maximum Gasteiger partial charge on any atom is 0.243 e. The molecule has 0 aliphatic carbocycles. The summed E-state index contributed by atoms with van der Waals surface area (Å²) in [6.45, 7) is 2.68. The van der Waals surface area contributed by atoms with Gasteiger partial charge in [-0.15, -0.1) is 0 Å². The molecule has 2 N–H and O–H groups in total. The molecular formula is C24H31N3O4S. The summed E-state index contributed by atoms with van der Waals surface area (Å²) >= 11 is 0. The summed E-state index contributed by atoms with van der Waals surface area (Å²) in [5, 5.41) is 5.60. The summed E-state index contributed by atoms with van der Waals surface area (Å²) in [6, 6.07) is 17.6. The van der Waals surface area contributed by atoms with Crippen LogP contribution in [0.15, 0.2) is 65.6 Å². The van der Waals surface area contributed by atoms with Crippen LogP contribution in [0, 0.1) is 5.92 Å². The third-order valence-corrected chi connectivity index (χ3v) is 7.55. The Bertz CT molecular complexity index is 996. The fraction of sp³-hybridized carbons (Fsp3) is 0.417. The van der Waals surface area contributed by atoms with E-state index in [1.807, 2.05) is 18.2 Å². The Hall–Kier alpha value is -2.71. The third-order valence-electron chi connectivity index (χ3n) is 5.67. The summed E-state index contributed by atoms with van der Waals surface area (Å²) in [5.74, 6) is -1.00. The molecule has 32 heavy (non-hydrogen) atoms. The zero-order chi connectivity index (χ0) is 23.0. The molecule has 0 bridgehead atoms. The van der Waals surface area contributed by atoms with Gasteiger partial charge in [-0.1, -0.05) is 48.5 Å². The van der Waals surface area contributed by atoms with Crippen molar-refractivity contribution in [2.75, 3.05) is 19.6 Å². The van der Waals surface area contributed by atoms with Gasteiger partial charge in [-0.3, -0.25) is 9.59 Å². The Morgan fingerprint density at radius 1 is 1.06 bits per heavy atom. The van der Waals surface area contributed by atoms with Crippen LogP contribution in [0.25, 0.3) is 0 Å². The lowest BCUT2D eigenvalue weighted by Gasteiger charge is -2.31. The second-order valence-electron chi connectivity index (χ2n) is 8.13. The zero-order valence-electron chi connectivity index (χ0n) is 18.4. The van der Waals surface area contributed by atoms with E-state index in [4.69, 9.17) is 0 Å². The van der Waals surface area contributed by atoms with Gasteiger partial charge in [0.15, 0.2) is 0 Å². The minimum absolute atomic E-state index is 0.120. The molecule has 7 nitrogen and oxygen atoms in total. The molecule has 3 rings (SSSR count). The van der Waals surface area contributed by atoms with E-state index in [1.54, 1.807) is 37.3 Å².